The van der Waals surface area contributed by atoms with E-state index in [4.69, 9.17) is 0 Å². The molecule has 3 aliphatic rings. The number of rotatable bonds is 4. The monoisotopic (exact) mass is 512 g/mol. The third-order valence-corrected chi connectivity index (χ3v) is 7.06. The molecule has 0 N–H and O–H groups in total. The number of carbonyl (C=O) groups is 2. The number of hydrogen-bond donors (Lipinski definition) is 0. The van der Waals surface area contributed by atoms with Crippen molar-refractivity contribution >= 4 is 12.0 Å². The molecule has 1 aromatic rings. The number of nitrogens with zero attached hydrogens (tertiary/aromatic N) is 6. The van der Waals surface area contributed by atoms with Gasteiger partial charge in [-0.1, -0.05) is 0 Å². The first-order chi connectivity index (χ1) is 16.2. The minimum Gasteiger partial charge on any atom is -0.426 e. The van der Waals surface area contributed by atoms with E-state index in [1.165, 1.54) is 4.90 Å². The smallest absolute Gasteiger partial charge is 0.426 e. The number of fused-ring (bicyclic) bond motifs is 1. The SMILES string of the molecule is CN(C(=O)c1nnc2n1CCN(C1CC1)C2)C1(C)CCN(C(=O)OC(C(F)(F)F)C(F)(F)F)CC1. The lowest BCUT2D eigenvalue weighted by atomic mass is 9.88. The third-order valence-electron chi connectivity index (χ3n) is 7.06. The second-order valence-corrected chi connectivity index (χ2v) is 9.49. The lowest BCUT2D eigenvalue weighted by Gasteiger charge is -2.44. The summed E-state index contributed by atoms with van der Waals surface area (Å²) >= 11 is 0. The van der Waals surface area contributed by atoms with Crippen LogP contribution in [0.25, 0.3) is 0 Å². The quantitative estimate of drug-likeness (QED) is 0.577. The number of halogens is 6. The highest BCUT2D eigenvalue weighted by atomic mass is 19.4. The Morgan fingerprint density at radius 3 is 2.17 bits per heavy atom. The molecule has 1 aromatic heterocycles. The highest BCUT2D eigenvalue weighted by Gasteiger charge is 2.60. The van der Waals surface area contributed by atoms with Crippen molar-refractivity contribution in [2.24, 2.45) is 0 Å². The molecule has 4 rings (SSSR count). The van der Waals surface area contributed by atoms with Crippen LogP contribution in [-0.2, 0) is 17.8 Å². The van der Waals surface area contributed by atoms with Crippen LogP contribution in [0.3, 0.4) is 0 Å². The van der Waals surface area contributed by atoms with Crippen LogP contribution in [0.15, 0.2) is 0 Å². The van der Waals surface area contributed by atoms with Gasteiger partial charge in [-0.2, -0.15) is 26.3 Å². The Labute approximate surface area is 197 Å². The molecule has 15 heteroatoms. The van der Waals surface area contributed by atoms with E-state index in [-0.39, 0.29) is 31.8 Å². The number of piperidine rings is 1. The van der Waals surface area contributed by atoms with Crippen LogP contribution in [0.1, 0.15) is 49.1 Å². The van der Waals surface area contributed by atoms with Gasteiger partial charge in [0.1, 0.15) is 5.82 Å². The standard InChI is InChI=1S/C20H26F6N6O3/c1-18(5-7-30(8-6-18)17(34)35-16(19(21,22)23)20(24,25)26)29(2)15(33)14-28-27-13-11-31(12-3-4-12)9-10-32(13)14/h12,16H,3-11H2,1-2H3. The van der Waals surface area contributed by atoms with Crippen molar-refractivity contribution in [2.75, 3.05) is 26.7 Å². The Morgan fingerprint density at radius 1 is 1.03 bits per heavy atom. The van der Waals surface area contributed by atoms with E-state index >= 15 is 0 Å². The number of likely N-dealkylation sites (tertiary alicyclic amines) is 1. The fourth-order valence-corrected chi connectivity index (χ4v) is 4.48. The summed E-state index contributed by atoms with van der Waals surface area (Å²) in [7, 11) is 1.56. The summed E-state index contributed by atoms with van der Waals surface area (Å²) in [4.78, 5) is 29.8. The predicted octanol–water partition coefficient (Wildman–Crippen LogP) is 2.81. The van der Waals surface area contributed by atoms with Gasteiger partial charge in [-0.15, -0.1) is 10.2 Å². The number of carbonyl (C=O) groups excluding carboxylic acids is 2. The Morgan fingerprint density at radius 2 is 1.63 bits per heavy atom. The van der Waals surface area contributed by atoms with E-state index in [0.29, 0.717) is 25.0 Å². The average Bonchev–Trinajstić information content (AvgIpc) is 3.54. The summed E-state index contributed by atoms with van der Waals surface area (Å²) in [6, 6.07) is 0.556. The van der Waals surface area contributed by atoms with Crippen LogP contribution >= 0.6 is 0 Å². The van der Waals surface area contributed by atoms with Crippen molar-refractivity contribution in [1.29, 1.82) is 0 Å². The van der Waals surface area contributed by atoms with Gasteiger partial charge in [0.15, 0.2) is 0 Å². The van der Waals surface area contributed by atoms with Crippen molar-refractivity contribution in [3.63, 3.8) is 0 Å². The second kappa shape index (κ2) is 8.82. The number of aromatic nitrogens is 3. The van der Waals surface area contributed by atoms with Crippen LogP contribution in [0.4, 0.5) is 31.1 Å². The summed E-state index contributed by atoms with van der Waals surface area (Å²) in [5, 5.41) is 8.24. The topological polar surface area (TPSA) is 83.8 Å². The zero-order chi connectivity index (χ0) is 25.8. The Bertz CT molecular complexity index is 954. The molecular weight excluding hydrogens is 486 g/mol. The molecule has 9 nitrogen and oxygen atoms in total. The minimum absolute atomic E-state index is 0.128. The molecule has 2 aliphatic heterocycles. The van der Waals surface area contributed by atoms with E-state index in [2.05, 4.69) is 19.8 Å². The first-order valence-electron chi connectivity index (χ1n) is 11.2. The third kappa shape index (κ3) is 5.19. The van der Waals surface area contributed by atoms with Crippen LogP contribution in [0.2, 0.25) is 0 Å². The van der Waals surface area contributed by atoms with Gasteiger partial charge in [-0.3, -0.25) is 9.69 Å². The van der Waals surface area contributed by atoms with Crippen LogP contribution in [0, 0.1) is 0 Å². The number of amides is 2. The number of alkyl halides is 6. The molecule has 1 saturated heterocycles. The normalized spacial score (nSPS) is 21.1. The zero-order valence-corrected chi connectivity index (χ0v) is 19.2. The second-order valence-electron chi connectivity index (χ2n) is 9.49. The Hall–Kier alpha value is -2.58. The van der Waals surface area contributed by atoms with Gasteiger partial charge in [-0.25, -0.2) is 4.79 Å². The van der Waals surface area contributed by atoms with Gasteiger partial charge in [0.05, 0.1) is 6.54 Å². The van der Waals surface area contributed by atoms with Crippen LogP contribution in [0.5, 0.6) is 0 Å². The largest absolute Gasteiger partial charge is 0.434 e. The maximum Gasteiger partial charge on any atom is 0.434 e. The molecule has 1 saturated carbocycles. The lowest BCUT2D eigenvalue weighted by Crippen LogP contribution is -2.56. The summed E-state index contributed by atoms with van der Waals surface area (Å²) in [6.45, 7) is 3.35. The number of hydrogen-bond acceptors (Lipinski definition) is 6. The molecule has 3 heterocycles. The van der Waals surface area contributed by atoms with Crippen molar-refractivity contribution in [3.8, 4) is 0 Å². The summed E-state index contributed by atoms with van der Waals surface area (Å²) < 4.78 is 81.8. The predicted molar refractivity (Wildman–Crippen MR) is 107 cm³/mol. The molecule has 0 bridgehead atoms. The molecular formula is C20H26F6N6O3. The molecule has 0 unspecified atom stereocenters. The maximum atomic E-state index is 13.2. The Balaban J connectivity index is 1.37. The first kappa shape index (κ1) is 25.5. The highest BCUT2D eigenvalue weighted by Crippen LogP contribution is 2.37. The van der Waals surface area contributed by atoms with Crippen LogP contribution < -0.4 is 0 Å². The molecule has 2 amide bonds. The molecule has 2 fully saturated rings. The highest BCUT2D eigenvalue weighted by molar-refractivity contribution is 5.91. The van der Waals surface area contributed by atoms with E-state index in [1.807, 2.05) is 0 Å². The fraction of sp³-hybridized carbons (Fsp3) is 0.800. The molecule has 0 spiro atoms. The van der Waals surface area contributed by atoms with Gasteiger partial charge in [-0.05, 0) is 32.6 Å². The van der Waals surface area contributed by atoms with Gasteiger partial charge < -0.3 is 19.1 Å². The van der Waals surface area contributed by atoms with Gasteiger partial charge in [0, 0.05) is 44.8 Å². The first-order valence-corrected chi connectivity index (χ1v) is 11.2. The zero-order valence-electron chi connectivity index (χ0n) is 19.2. The van der Waals surface area contributed by atoms with Gasteiger partial charge >= 0.3 is 18.4 Å². The van der Waals surface area contributed by atoms with E-state index in [1.54, 1.807) is 18.5 Å². The average molecular weight is 512 g/mol. The van der Waals surface area contributed by atoms with Crippen molar-refractivity contribution in [2.45, 2.75) is 75.7 Å². The van der Waals surface area contributed by atoms with Crippen molar-refractivity contribution in [1.82, 2.24) is 29.5 Å². The van der Waals surface area contributed by atoms with Gasteiger partial charge in [0.2, 0.25) is 5.82 Å². The van der Waals surface area contributed by atoms with E-state index in [0.717, 1.165) is 24.3 Å². The fourth-order valence-electron chi connectivity index (χ4n) is 4.48. The van der Waals surface area contributed by atoms with Crippen molar-refractivity contribution in [3.05, 3.63) is 11.6 Å². The van der Waals surface area contributed by atoms with E-state index < -0.39 is 36.0 Å². The molecule has 1 aliphatic carbocycles. The van der Waals surface area contributed by atoms with Crippen LogP contribution in [-0.4, -0.2) is 98.2 Å². The molecule has 196 valence electrons. The number of ether oxygens (including phenoxy) is 1. The summed E-state index contributed by atoms with van der Waals surface area (Å²) in [6.07, 6.45) is -14.9. The molecule has 0 atom stereocenters. The van der Waals surface area contributed by atoms with Crippen molar-refractivity contribution < 1.29 is 40.7 Å². The molecule has 0 aromatic carbocycles. The maximum absolute atomic E-state index is 13.2. The van der Waals surface area contributed by atoms with E-state index in [9.17, 15) is 35.9 Å². The Kier molecular flexibility index (Phi) is 6.43. The summed E-state index contributed by atoms with van der Waals surface area (Å²) in [5.74, 6) is 0.488. The molecule has 35 heavy (non-hydrogen) atoms. The minimum atomic E-state index is -5.78. The molecule has 0 radical (unpaired) electrons. The summed E-state index contributed by atoms with van der Waals surface area (Å²) in [5.41, 5.74) is -0.803. The van der Waals surface area contributed by atoms with Gasteiger partial charge in [0.25, 0.3) is 12.0 Å². The lowest BCUT2D eigenvalue weighted by molar-refractivity contribution is -0.308.